The zero-order valence-electron chi connectivity index (χ0n) is 25.0. The second kappa shape index (κ2) is 12.8. The fraction of sp³-hybridized carbons (Fsp3) is 0.594. The Kier molecular flexibility index (Phi) is 9.15. The first-order valence-corrected chi connectivity index (χ1v) is 16.1. The van der Waals surface area contributed by atoms with Crippen molar-refractivity contribution in [2.75, 3.05) is 26.3 Å². The summed E-state index contributed by atoms with van der Waals surface area (Å²) in [6.07, 6.45) is 2.02. The van der Waals surface area contributed by atoms with Gasteiger partial charge in [-0.1, -0.05) is 29.8 Å². The molecular weight excluding hydrogens is 613 g/mol. The SMILES string of the molecule is O=C(O)[C@H]1CC=C(c2nn(C(=O)c3c(Cl)cccc3C3(C(F)(F)F)CC3)c3c2CC[C@@H](N(O)N2CCCCOCCC2)C3)CC1. The van der Waals surface area contributed by atoms with E-state index in [1.807, 2.05) is 11.1 Å². The molecule has 6 rings (SSSR count). The summed E-state index contributed by atoms with van der Waals surface area (Å²) in [5, 5.41) is 28.7. The van der Waals surface area contributed by atoms with Crippen molar-refractivity contribution >= 4 is 29.1 Å². The quantitative estimate of drug-likeness (QED) is 0.364. The standard InChI is InChI=1S/C32H38ClF3N4O5/c33-25-6-3-5-24(31(13-14-31)32(34,35)36)27(25)29(41)39-26-19-22(40(44)38-15-1-2-17-45-18-4-16-38)11-12-23(26)28(37-39)20-7-9-21(10-8-20)30(42)43/h3,5-7,21-22,44H,1-2,4,8-19H2,(H,42,43)/t21-,22+/m0/s1. The van der Waals surface area contributed by atoms with E-state index in [1.54, 1.807) is 0 Å². The number of allylic oxidation sites excluding steroid dienone is 2. The Bertz CT molecular complexity index is 1480. The van der Waals surface area contributed by atoms with E-state index in [4.69, 9.17) is 21.4 Å². The summed E-state index contributed by atoms with van der Waals surface area (Å²) < 4.78 is 49.7. The molecule has 3 aliphatic carbocycles. The van der Waals surface area contributed by atoms with Gasteiger partial charge in [-0.3, -0.25) is 14.8 Å². The first-order chi connectivity index (χ1) is 21.5. The Hall–Kier alpha value is -2.77. The molecule has 2 atom stereocenters. The van der Waals surface area contributed by atoms with Crippen molar-refractivity contribution in [2.45, 2.75) is 88.3 Å². The third-order valence-corrected chi connectivity index (χ3v) is 10.1. The van der Waals surface area contributed by atoms with Gasteiger partial charge in [-0.05, 0) is 81.4 Å². The second-order valence-electron chi connectivity index (χ2n) is 12.6. The summed E-state index contributed by atoms with van der Waals surface area (Å²) in [6, 6.07) is 3.80. The van der Waals surface area contributed by atoms with Crippen molar-refractivity contribution in [2.24, 2.45) is 5.92 Å². The molecule has 1 saturated carbocycles. The van der Waals surface area contributed by atoms with Crippen molar-refractivity contribution in [3.8, 4) is 0 Å². The Morgan fingerprint density at radius 1 is 1.09 bits per heavy atom. The number of nitrogens with zero attached hydrogens (tertiary/aromatic N) is 4. The Morgan fingerprint density at radius 2 is 1.84 bits per heavy atom. The van der Waals surface area contributed by atoms with Crippen LogP contribution in [0.5, 0.6) is 0 Å². The lowest BCUT2D eigenvalue weighted by Crippen LogP contribution is -2.50. The van der Waals surface area contributed by atoms with Crippen LogP contribution in [0.25, 0.3) is 5.57 Å². The first kappa shape index (κ1) is 32.2. The number of halogens is 4. The smallest absolute Gasteiger partial charge is 0.398 e. The molecule has 0 bridgehead atoms. The van der Waals surface area contributed by atoms with E-state index < -0.39 is 29.4 Å². The summed E-state index contributed by atoms with van der Waals surface area (Å²) in [5.74, 6) is -2.11. The second-order valence-corrected chi connectivity index (χ2v) is 13.0. The number of carboxylic acid groups (broad SMARTS) is 1. The predicted molar refractivity (Wildman–Crippen MR) is 159 cm³/mol. The maximum atomic E-state index is 14.3. The molecule has 13 heteroatoms. The van der Waals surface area contributed by atoms with Crippen LogP contribution in [0.15, 0.2) is 24.3 Å². The summed E-state index contributed by atoms with van der Waals surface area (Å²) >= 11 is 6.50. The van der Waals surface area contributed by atoms with Gasteiger partial charge in [0.25, 0.3) is 5.91 Å². The van der Waals surface area contributed by atoms with Crippen LogP contribution in [-0.4, -0.2) is 80.7 Å². The average Bonchev–Trinajstić information content (AvgIpc) is 3.73. The molecule has 2 N–H and O–H groups in total. The van der Waals surface area contributed by atoms with Gasteiger partial charge in [-0.15, -0.1) is 5.17 Å². The Balaban J connectivity index is 1.39. The molecule has 1 aromatic heterocycles. The van der Waals surface area contributed by atoms with Crippen LogP contribution in [0.1, 0.15) is 90.7 Å². The number of aliphatic carboxylic acids is 1. The molecule has 45 heavy (non-hydrogen) atoms. The minimum Gasteiger partial charge on any atom is -0.481 e. The molecule has 0 radical (unpaired) electrons. The number of hydrogen-bond acceptors (Lipinski definition) is 7. The van der Waals surface area contributed by atoms with Crippen molar-refractivity contribution in [1.82, 2.24) is 20.0 Å². The van der Waals surface area contributed by atoms with E-state index in [-0.39, 0.29) is 41.5 Å². The highest BCUT2D eigenvalue weighted by atomic mass is 35.5. The molecule has 0 amide bonds. The molecule has 4 aliphatic rings. The third kappa shape index (κ3) is 6.19. The molecule has 1 aromatic carbocycles. The van der Waals surface area contributed by atoms with E-state index in [0.29, 0.717) is 69.8 Å². The van der Waals surface area contributed by atoms with Crippen LogP contribution in [0.2, 0.25) is 5.02 Å². The monoisotopic (exact) mass is 650 g/mol. The number of carboxylic acids is 1. The lowest BCUT2D eigenvalue weighted by molar-refractivity contribution is -0.274. The van der Waals surface area contributed by atoms with E-state index in [2.05, 4.69) is 0 Å². The largest absolute Gasteiger partial charge is 0.481 e. The van der Waals surface area contributed by atoms with Crippen LogP contribution in [-0.2, 0) is 27.8 Å². The van der Waals surface area contributed by atoms with Crippen LogP contribution in [0, 0.1) is 5.92 Å². The maximum absolute atomic E-state index is 14.3. The Morgan fingerprint density at radius 3 is 2.53 bits per heavy atom. The normalized spacial score (nSPS) is 24.3. The predicted octanol–water partition coefficient (Wildman–Crippen LogP) is 6.05. The summed E-state index contributed by atoms with van der Waals surface area (Å²) in [4.78, 5) is 25.9. The molecule has 2 aromatic rings. The van der Waals surface area contributed by atoms with Crippen LogP contribution < -0.4 is 0 Å². The molecule has 2 fully saturated rings. The molecule has 2 heterocycles. The van der Waals surface area contributed by atoms with Gasteiger partial charge < -0.3 is 9.84 Å². The minimum absolute atomic E-state index is 0.0740. The first-order valence-electron chi connectivity index (χ1n) is 15.8. The van der Waals surface area contributed by atoms with E-state index in [1.165, 1.54) is 28.1 Å². The molecule has 1 saturated heterocycles. The number of hydrogen-bond donors (Lipinski definition) is 2. The van der Waals surface area contributed by atoms with E-state index >= 15 is 0 Å². The van der Waals surface area contributed by atoms with Gasteiger partial charge in [0.2, 0.25) is 0 Å². The summed E-state index contributed by atoms with van der Waals surface area (Å²) in [5.41, 5.74) is 0.235. The molecule has 9 nitrogen and oxygen atoms in total. The zero-order chi connectivity index (χ0) is 31.9. The third-order valence-electron chi connectivity index (χ3n) is 9.81. The molecule has 1 aliphatic heterocycles. The van der Waals surface area contributed by atoms with Crippen molar-refractivity contribution in [3.05, 3.63) is 57.4 Å². The van der Waals surface area contributed by atoms with Gasteiger partial charge in [0.1, 0.15) is 0 Å². The van der Waals surface area contributed by atoms with Gasteiger partial charge in [-0.25, -0.2) is 5.01 Å². The number of fused-ring (bicyclic) bond motifs is 1. The van der Waals surface area contributed by atoms with E-state index in [9.17, 15) is 33.1 Å². The average molecular weight is 651 g/mol. The van der Waals surface area contributed by atoms with Crippen LogP contribution in [0.4, 0.5) is 13.2 Å². The fourth-order valence-electron chi connectivity index (χ4n) is 7.06. The molecule has 244 valence electrons. The van der Waals surface area contributed by atoms with E-state index in [0.717, 1.165) is 30.4 Å². The van der Waals surface area contributed by atoms with Gasteiger partial charge in [-0.2, -0.15) is 23.0 Å². The summed E-state index contributed by atoms with van der Waals surface area (Å²) in [6.45, 7) is 2.52. The topological polar surface area (TPSA) is 108 Å². The number of benzene rings is 1. The van der Waals surface area contributed by atoms with Crippen LogP contribution in [0.3, 0.4) is 0 Å². The number of carbonyl (C=O) groups is 2. The van der Waals surface area contributed by atoms with Gasteiger partial charge >= 0.3 is 12.1 Å². The van der Waals surface area contributed by atoms with Crippen LogP contribution >= 0.6 is 11.6 Å². The van der Waals surface area contributed by atoms with Gasteiger partial charge in [0.15, 0.2) is 0 Å². The molecule has 0 unspecified atom stereocenters. The number of ether oxygens (including phenoxy) is 1. The van der Waals surface area contributed by atoms with Gasteiger partial charge in [0, 0.05) is 38.3 Å². The summed E-state index contributed by atoms with van der Waals surface area (Å²) in [7, 11) is 0. The Labute approximate surface area is 264 Å². The highest BCUT2D eigenvalue weighted by Gasteiger charge is 2.65. The van der Waals surface area contributed by atoms with Gasteiger partial charge in [0.05, 0.1) is 39.3 Å². The maximum Gasteiger partial charge on any atom is 0.398 e. The molecule has 0 spiro atoms. The highest BCUT2D eigenvalue weighted by Crippen LogP contribution is 2.60. The van der Waals surface area contributed by atoms with Crippen molar-refractivity contribution in [1.29, 1.82) is 0 Å². The highest BCUT2D eigenvalue weighted by molar-refractivity contribution is 6.34. The number of aromatic nitrogens is 2. The number of alkyl halides is 3. The fourth-order valence-corrected chi connectivity index (χ4v) is 7.32. The number of carbonyl (C=O) groups excluding carboxylic acids is 1. The van der Waals surface area contributed by atoms with Crippen molar-refractivity contribution < 1.29 is 37.8 Å². The molecular formula is C32H38ClF3N4O5. The minimum atomic E-state index is -4.55. The zero-order valence-corrected chi connectivity index (χ0v) is 25.7. The lowest BCUT2D eigenvalue weighted by Gasteiger charge is -2.37. The number of hydrazine groups is 1. The van der Waals surface area contributed by atoms with Crippen molar-refractivity contribution in [3.63, 3.8) is 0 Å². The number of hydroxylamine groups is 1. The lowest BCUT2D eigenvalue weighted by atomic mass is 9.84. The number of rotatable bonds is 6.